The normalized spacial score (nSPS) is 12.9. The van der Waals surface area contributed by atoms with Gasteiger partial charge in [-0.25, -0.2) is 4.79 Å². The van der Waals surface area contributed by atoms with Gasteiger partial charge in [0.2, 0.25) is 0 Å². The Kier molecular flexibility index (Phi) is 3.04. The smallest absolute Gasteiger partial charge is 0.331 e. The first kappa shape index (κ1) is 7.94. The summed E-state index contributed by atoms with van der Waals surface area (Å²) < 4.78 is 0.829. The zero-order valence-electron chi connectivity index (χ0n) is 4.73. The Morgan fingerprint density at radius 3 is 1.88 bits per heavy atom. The van der Waals surface area contributed by atoms with Gasteiger partial charge >= 0.3 is 5.97 Å². The van der Waals surface area contributed by atoms with Crippen molar-refractivity contribution in [3.8, 4) is 0 Å². The van der Waals surface area contributed by atoms with E-state index in [2.05, 4.69) is 0 Å². The number of carboxylic acid groups (broad SMARTS) is 1. The molecule has 0 rings (SSSR count). The summed E-state index contributed by atoms with van der Waals surface area (Å²) in [5, 5.41) is 8.29. The second kappa shape index (κ2) is 3.06. The molecule has 0 unspecified atom stereocenters. The molecule has 0 spiro atoms. The third-order valence-electron chi connectivity index (χ3n) is 0.838. The van der Waals surface area contributed by atoms with Crippen LogP contribution >= 0.6 is 22.6 Å². The SMILES string of the molecule is CC(I)=C(C)C(=O)O. The van der Waals surface area contributed by atoms with Crippen LogP contribution in [0.2, 0.25) is 0 Å². The summed E-state index contributed by atoms with van der Waals surface area (Å²) in [6.45, 7) is 3.36. The van der Waals surface area contributed by atoms with Gasteiger partial charge in [0.25, 0.3) is 0 Å². The van der Waals surface area contributed by atoms with E-state index < -0.39 is 5.97 Å². The van der Waals surface area contributed by atoms with E-state index in [1.807, 2.05) is 22.6 Å². The number of rotatable bonds is 1. The maximum absolute atomic E-state index is 10.1. The first-order chi connectivity index (χ1) is 3.55. The van der Waals surface area contributed by atoms with Crippen LogP contribution in [0.25, 0.3) is 0 Å². The van der Waals surface area contributed by atoms with Crippen LogP contribution in [0.4, 0.5) is 0 Å². The van der Waals surface area contributed by atoms with E-state index in [-0.39, 0.29) is 0 Å². The standard InChI is InChI=1S/C5H7IO2/c1-3(4(2)6)5(7)8/h1-2H3,(H,7,8). The highest BCUT2D eigenvalue weighted by Crippen LogP contribution is 2.09. The molecule has 0 aromatic carbocycles. The summed E-state index contributed by atoms with van der Waals surface area (Å²) in [6.07, 6.45) is 0. The average Bonchev–Trinajstić information content (AvgIpc) is 1.64. The minimum Gasteiger partial charge on any atom is -0.478 e. The summed E-state index contributed by atoms with van der Waals surface area (Å²) in [6, 6.07) is 0. The molecule has 46 valence electrons. The summed E-state index contributed by atoms with van der Waals surface area (Å²) in [4.78, 5) is 10.1. The summed E-state index contributed by atoms with van der Waals surface area (Å²) in [7, 11) is 0. The zero-order valence-corrected chi connectivity index (χ0v) is 6.89. The fraction of sp³-hybridized carbons (Fsp3) is 0.400. The van der Waals surface area contributed by atoms with Crippen LogP contribution in [0, 0.1) is 0 Å². The average molecular weight is 226 g/mol. The molecule has 0 saturated heterocycles. The molecule has 0 saturated carbocycles. The molecule has 0 radical (unpaired) electrons. The number of carbonyl (C=O) groups is 1. The van der Waals surface area contributed by atoms with Gasteiger partial charge in [0.1, 0.15) is 0 Å². The quantitative estimate of drug-likeness (QED) is 0.546. The largest absolute Gasteiger partial charge is 0.478 e. The predicted octanol–water partition coefficient (Wildman–Crippen LogP) is 1.80. The van der Waals surface area contributed by atoms with Gasteiger partial charge in [0, 0.05) is 5.57 Å². The summed E-state index contributed by atoms with van der Waals surface area (Å²) in [5.41, 5.74) is 0.422. The van der Waals surface area contributed by atoms with Crippen LogP contribution in [-0.2, 0) is 4.79 Å². The van der Waals surface area contributed by atoms with Crippen molar-refractivity contribution < 1.29 is 9.90 Å². The van der Waals surface area contributed by atoms with E-state index in [1.165, 1.54) is 0 Å². The van der Waals surface area contributed by atoms with E-state index in [0.29, 0.717) is 5.57 Å². The lowest BCUT2D eigenvalue weighted by Crippen LogP contribution is -1.96. The van der Waals surface area contributed by atoms with Gasteiger partial charge < -0.3 is 5.11 Å². The predicted molar refractivity (Wildman–Crippen MR) is 40.0 cm³/mol. The lowest BCUT2D eigenvalue weighted by atomic mass is 10.3. The Bertz CT molecular complexity index is 133. The maximum atomic E-state index is 10.1. The van der Waals surface area contributed by atoms with Crippen molar-refractivity contribution in [3.05, 3.63) is 9.15 Å². The van der Waals surface area contributed by atoms with Gasteiger partial charge in [-0.3, -0.25) is 0 Å². The molecular weight excluding hydrogens is 219 g/mol. The van der Waals surface area contributed by atoms with Crippen molar-refractivity contribution in [2.75, 3.05) is 0 Å². The maximum Gasteiger partial charge on any atom is 0.331 e. The third-order valence-corrected chi connectivity index (χ3v) is 1.65. The van der Waals surface area contributed by atoms with Crippen molar-refractivity contribution >= 4 is 28.6 Å². The molecular formula is C5H7IO2. The Balaban J connectivity index is 4.23. The number of aliphatic carboxylic acids is 1. The van der Waals surface area contributed by atoms with Crippen LogP contribution in [0.5, 0.6) is 0 Å². The van der Waals surface area contributed by atoms with Crippen LogP contribution in [0.3, 0.4) is 0 Å². The fourth-order valence-corrected chi connectivity index (χ4v) is 0.378. The Morgan fingerprint density at radius 2 is 1.88 bits per heavy atom. The van der Waals surface area contributed by atoms with Crippen LogP contribution in [0.15, 0.2) is 9.15 Å². The molecule has 8 heavy (non-hydrogen) atoms. The first-order valence-corrected chi connectivity index (χ1v) is 3.20. The van der Waals surface area contributed by atoms with E-state index in [0.717, 1.165) is 3.58 Å². The van der Waals surface area contributed by atoms with Crippen LogP contribution in [-0.4, -0.2) is 11.1 Å². The minimum absolute atomic E-state index is 0.422. The monoisotopic (exact) mass is 226 g/mol. The van der Waals surface area contributed by atoms with E-state index in [4.69, 9.17) is 5.11 Å². The van der Waals surface area contributed by atoms with E-state index >= 15 is 0 Å². The summed E-state index contributed by atoms with van der Waals surface area (Å²) in [5.74, 6) is -0.836. The second-order valence-electron chi connectivity index (χ2n) is 1.46. The fourth-order valence-electron chi connectivity index (χ4n) is 0.147. The Hall–Kier alpha value is -0.0600. The summed E-state index contributed by atoms with van der Waals surface area (Å²) >= 11 is 1.98. The lowest BCUT2D eigenvalue weighted by molar-refractivity contribution is -0.132. The molecule has 0 aromatic rings. The molecule has 0 aliphatic rings. The Labute approximate surface area is 61.7 Å². The highest BCUT2D eigenvalue weighted by atomic mass is 127. The van der Waals surface area contributed by atoms with Gasteiger partial charge in [0.15, 0.2) is 0 Å². The van der Waals surface area contributed by atoms with Crippen LogP contribution < -0.4 is 0 Å². The molecule has 0 amide bonds. The molecule has 0 heterocycles. The lowest BCUT2D eigenvalue weighted by Gasteiger charge is -1.90. The number of carboxylic acids is 1. The topological polar surface area (TPSA) is 37.3 Å². The van der Waals surface area contributed by atoms with Crippen molar-refractivity contribution in [2.24, 2.45) is 0 Å². The zero-order chi connectivity index (χ0) is 6.73. The number of allylic oxidation sites excluding steroid dienone is 1. The first-order valence-electron chi connectivity index (χ1n) is 2.12. The second-order valence-corrected chi connectivity index (χ2v) is 3.08. The number of halogens is 1. The molecule has 0 atom stereocenters. The third kappa shape index (κ3) is 2.30. The van der Waals surface area contributed by atoms with Crippen molar-refractivity contribution in [1.82, 2.24) is 0 Å². The van der Waals surface area contributed by atoms with Crippen LogP contribution in [0.1, 0.15) is 13.8 Å². The van der Waals surface area contributed by atoms with Crippen molar-refractivity contribution in [1.29, 1.82) is 0 Å². The van der Waals surface area contributed by atoms with Gasteiger partial charge in [-0.2, -0.15) is 0 Å². The van der Waals surface area contributed by atoms with Gasteiger partial charge in [0.05, 0.1) is 0 Å². The molecule has 0 fully saturated rings. The van der Waals surface area contributed by atoms with Crippen molar-refractivity contribution in [2.45, 2.75) is 13.8 Å². The number of hydrogen-bond donors (Lipinski definition) is 1. The molecule has 2 nitrogen and oxygen atoms in total. The highest BCUT2D eigenvalue weighted by molar-refractivity contribution is 14.1. The number of hydrogen-bond acceptors (Lipinski definition) is 1. The van der Waals surface area contributed by atoms with E-state index in [9.17, 15) is 4.79 Å². The molecule has 0 aliphatic carbocycles. The van der Waals surface area contributed by atoms with Gasteiger partial charge in [-0.1, -0.05) is 0 Å². The van der Waals surface area contributed by atoms with Crippen molar-refractivity contribution in [3.63, 3.8) is 0 Å². The molecule has 0 aliphatic heterocycles. The molecule has 1 N–H and O–H groups in total. The molecule has 0 aromatic heterocycles. The Morgan fingerprint density at radius 1 is 1.50 bits per heavy atom. The molecule has 0 bridgehead atoms. The van der Waals surface area contributed by atoms with Gasteiger partial charge in [-0.15, -0.1) is 0 Å². The highest BCUT2D eigenvalue weighted by Gasteiger charge is 2.00. The molecule has 3 heteroatoms. The minimum atomic E-state index is -0.836. The van der Waals surface area contributed by atoms with E-state index in [1.54, 1.807) is 13.8 Å². The van der Waals surface area contributed by atoms with Gasteiger partial charge in [-0.05, 0) is 40.0 Å².